The van der Waals surface area contributed by atoms with Gasteiger partial charge in [0.2, 0.25) is 0 Å². The van der Waals surface area contributed by atoms with Crippen molar-refractivity contribution >= 4 is 11.6 Å². The van der Waals surface area contributed by atoms with E-state index in [-0.39, 0.29) is 5.91 Å². The van der Waals surface area contributed by atoms with Gasteiger partial charge in [0.15, 0.2) is 0 Å². The van der Waals surface area contributed by atoms with Crippen molar-refractivity contribution in [1.82, 2.24) is 0 Å². The van der Waals surface area contributed by atoms with E-state index in [2.05, 4.69) is 18.5 Å². The van der Waals surface area contributed by atoms with Crippen molar-refractivity contribution in [1.29, 1.82) is 0 Å². The Kier molecular flexibility index (Phi) is 5.53. The van der Waals surface area contributed by atoms with Gasteiger partial charge >= 0.3 is 0 Å². The molecule has 0 fully saturated rings. The molecule has 0 saturated carbocycles. The number of rotatable bonds is 6. The van der Waals surface area contributed by atoms with Gasteiger partial charge in [-0.25, -0.2) is 0 Å². The molecule has 2 aromatic carbocycles. The number of carbonyl (C=O) groups is 1. The van der Waals surface area contributed by atoms with Crippen LogP contribution in [0, 0.1) is 0 Å². The molecule has 0 aliphatic heterocycles. The van der Waals surface area contributed by atoms with Gasteiger partial charge in [0.05, 0.1) is 0 Å². The fourth-order valence-corrected chi connectivity index (χ4v) is 1.76. The second-order valence-electron chi connectivity index (χ2n) is 5.10. The third-order valence-electron chi connectivity index (χ3n) is 2.95. The molecule has 0 bridgehead atoms. The molecule has 2 rings (SSSR count). The fraction of sp³-hybridized carbons (Fsp3) is 0.0500. The molecule has 0 unspecified atom stereocenters. The van der Waals surface area contributed by atoms with Crippen LogP contribution in [0.2, 0.25) is 0 Å². The van der Waals surface area contributed by atoms with Gasteiger partial charge in [0, 0.05) is 11.3 Å². The van der Waals surface area contributed by atoms with E-state index in [1.807, 2.05) is 37.3 Å². The minimum absolute atomic E-state index is 0.251. The van der Waals surface area contributed by atoms with E-state index in [1.165, 1.54) is 0 Å². The van der Waals surface area contributed by atoms with E-state index in [9.17, 15) is 4.79 Å². The van der Waals surface area contributed by atoms with Crippen molar-refractivity contribution in [2.45, 2.75) is 6.92 Å². The number of ether oxygens (including phenoxy) is 1. The molecule has 0 atom stereocenters. The molecule has 2 aromatic rings. The first-order valence-electron chi connectivity index (χ1n) is 7.21. The average Bonchev–Trinajstić information content (AvgIpc) is 2.55. The van der Waals surface area contributed by atoms with Gasteiger partial charge in [-0.15, -0.1) is 0 Å². The SMILES string of the molecule is C=C(C)/C=C\C(=C)C(=O)Nc1ccc(Oc2ccccc2)cc1. The first kappa shape index (κ1) is 16.3. The Bertz CT molecular complexity index is 728. The molecule has 0 aromatic heterocycles. The molecule has 0 aliphatic carbocycles. The summed E-state index contributed by atoms with van der Waals surface area (Å²) in [5.74, 6) is 1.22. The van der Waals surface area contributed by atoms with Crippen LogP contribution in [0.5, 0.6) is 11.5 Å². The Balaban J connectivity index is 1.96. The third kappa shape index (κ3) is 5.32. The highest BCUT2D eigenvalue weighted by atomic mass is 16.5. The van der Waals surface area contributed by atoms with Crippen LogP contribution in [0.25, 0.3) is 0 Å². The van der Waals surface area contributed by atoms with Crippen molar-refractivity contribution in [3.63, 3.8) is 0 Å². The number of allylic oxidation sites excluding steroid dienone is 2. The summed E-state index contributed by atoms with van der Waals surface area (Å²) < 4.78 is 5.70. The van der Waals surface area contributed by atoms with Gasteiger partial charge in [-0.3, -0.25) is 4.79 Å². The monoisotopic (exact) mass is 305 g/mol. The highest BCUT2D eigenvalue weighted by molar-refractivity contribution is 6.05. The molecule has 116 valence electrons. The molecule has 3 heteroatoms. The van der Waals surface area contributed by atoms with Crippen LogP contribution in [0.15, 0.2) is 91.1 Å². The number of amides is 1. The van der Waals surface area contributed by atoms with Crippen molar-refractivity contribution in [3.05, 3.63) is 91.1 Å². The van der Waals surface area contributed by atoms with Crippen LogP contribution < -0.4 is 10.1 Å². The average molecular weight is 305 g/mol. The van der Waals surface area contributed by atoms with Crippen LogP contribution >= 0.6 is 0 Å². The van der Waals surface area contributed by atoms with Crippen molar-refractivity contribution in [2.75, 3.05) is 5.32 Å². The maximum Gasteiger partial charge on any atom is 0.255 e. The molecule has 0 heterocycles. The number of carbonyl (C=O) groups excluding carboxylic acids is 1. The zero-order valence-corrected chi connectivity index (χ0v) is 13.1. The Morgan fingerprint density at radius 1 is 0.957 bits per heavy atom. The number of benzene rings is 2. The summed E-state index contributed by atoms with van der Waals surface area (Å²) >= 11 is 0. The number of hydrogen-bond donors (Lipinski definition) is 1. The molecule has 0 saturated heterocycles. The molecule has 0 spiro atoms. The topological polar surface area (TPSA) is 38.3 Å². The van der Waals surface area contributed by atoms with E-state index >= 15 is 0 Å². The molecule has 1 N–H and O–H groups in total. The molecule has 0 aliphatic rings. The Morgan fingerprint density at radius 2 is 1.57 bits per heavy atom. The first-order valence-corrected chi connectivity index (χ1v) is 7.21. The second kappa shape index (κ2) is 7.80. The number of nitrogens with one attached hydrogen (secondary N) is 1. The quantitative estimate of drug-likeness (QED) is 0.595. The lowest BCUT2D eigenvalue weighted by Crippen LogP contribution is -2.12. The van der Waals surface area contributed by atoms with Gasteiger partial charge < -0.3 is 10.1 Å². The van der Waals surface area contributed by atoms with E-state index in [1.54, 1.807) is 36.4 Å². The van der Waals surface area contributed by atoms with Crippen molar-refractivity contribution in [2.24, 2.45) is 0 Å². The van der Waals surface area contributed by atoms with Crippen LogP contribution in [-0.2, 0) is 4.79 Å². The molecule has 3 nitrogen and oxygen atoms in total. The van der Waals surface area contributed by atoms with E-state index in [0.717, 1.165) is 11.3 Å². The number of hydrogen-bond acceptors (Lipinski definition) is 2. The highest BCUT2D eigenvalue weighted by Gasteiger charge is 2.05. The first-order chi connectivity index (χ1) is 11.0. The summed E-state index contributed by atoms with van der Waals surface area (Å²) in [6, 6.07) is 16.7. The summed E-state index contributed by atoms with van der Waals surface area (Å²) in [6.45, 7) is 9.33. The highest BCUT2D eigenvalue weighted by Crippen LogP contribution is 2.22. The summed E-state index contributed by atoms with van der Waals surface area (Å²) in [7, 11) is 0. The summed E-state index contributed by atoms with van der Waals surface area (Å²) in [5, 5.41) is 2.78. The molecule has 23 heavy (non-hydrogen) atoms. The van der Waals surface area contributed by atoms with Crippen LogP contribution in [-0.4, -0.2) is 5.91 Å². The summed E-state index contributed by atoms with van der Waals surface area (Å²) in [6.07, 6.45) is 3.39. The third-order valence-corrected chi connectivity index (χ3v) is 2.95. The normalized spacial score (nSPS) is 10.3. The minimum atomic E-state index is -0.251. The van der Waals surface area contributed by atoms with E-state index < -0.39 is 0 Å². The molecule has 1 amide bonds. The van der Waals surface area contributed by atoms with Crippen LogP contribution in [0.4, 0.5) is 5.69 Å². The van der Waals surface area contributed by atoms with Gasteiger partial charge in [0.1, 0.15) is 11.5 Å². The zero-order chi connectivity index (χ0) is 16.7. The Morgan fingerprint density at radius 3 is 2.17 bits per heavy atom. The van der Waals surface area contributed by atoms with Crippen LogP contribution in [0.1, 0.15) is 6.92 Å². The van der Waals surface area contributed by atoms with Crippen LogP contribution in [0.3, 0.4) is 0 Å². The largest absolute Gasteiger partial charge is 0.457 e. The standard InChI is InChI=1S/C20H19NO2/c1-15(2)9-10-16(3)20(22)21-17-11-13-19(14-12-17)23-18-7-5-4-6-8-18/h4-14H,1,3H2,2H3,(H,21,22)/b10-9-. The second-order valence-corrected chi connectivity index (χ2v) is 5.10. The van der Waals surface area contributed by atoms with Crippen molar-refractivity contribution < 1.29 is 9.53 Å². The zero-order valence-electron chi connectivity index (χ0n) is 13.1. The van der Waals surface area contributed by atoms with Gasteiger partial charge in [-0.05, 0) is 49.4 Å². The molecule has 0 radical (unpaired) electrons. The number of para-hydroxylation sites is 1. The number of anilines is 1. The predicted octanol–water partition coefficient (Wildman–Crippen LogP) is 5.11. The van der Waals surface area contributed by atoms with Crippen molar-refractivity contribution in [3.8, 4) is 11.5 Å². The lowest BCUT2D eigenvalue weighted by atomic mass is 10.2. The molecular weight excluding hydrogens is 286 g/mol. The minimum Gasteiger partial charge on any atom is -0.457 e. The fourth-order valence-electron chi connectivity index (χ4n) is 1.76. The predicted molar refractivity (Wildman–Crippen MR) is 94.7 cm³/mol. The summed E-state index contributed by atoms with van der Waals surface area (Å²) in [5.41, 5.74) is 1.92. The molecular formula is C20H19NO2. The Labute approximate surface area is 136 Å². The smallest absolute Gasteiger partial charge is 0.255 e. The lowest BCUT2D eigenvalue weighted by Gasteiger charge is -2.08. The van der Waals surface area contributed by atoms with E-state index in [4.69, 9.17) is 4.74 Å². The van der Waals surface area contributed by atoms with E-state index in [0.29, 0.717) is 17.0 Å². The van der Waals surface area contributed by atoms with Gasteiger partial charge in [0.25, 0.3) is 5.91 Å². The van der Waals surface area contributed by atoms with Gasteiger partial charge in [-0.2, -0.15) is 0 Å². The maximum absolute atomic E-state index is 12.0. The summed E-state index contributed by atoms with van der Waals surface area (Å²) in [4.78, 5) is 12.0. The lowest BCUT2D eigenvalue weighted by molar-refractivity contribution is -0.112. The van der Waals surface area contributed by atoms with Gasteiger partial charge in [-0.1, -0.05) is 43.0 Å². The Hall–Kier alpha value is -3.07. The maximum atomic E-state index is 12.0.